The molecule has 0 bridgehead atoms. The molecule has 2 N–H and O–H groups in total. The van der Waals surface area contributed by atoms with Crippen molar-refractivity contribution in [2.75, 3.05) is 0 Å². The Labute approximate surface area is 126 Å². The van der Waals surface area contributed by atoms with Crippen molar-refractivity contribution in [3.63, 3.8) is 0 Å². The summed E-state index contributed by atoms with van der Waals surface area (Å²) in [6.07, 6.45) is 0.124. The standard InChI is InChI=1S/C16H17BrFNO/c1-10(2)20-13-6-3-11(4-7-13)16(19)14-8-5-12(17)9-15(14)18/h3-10,16H,19H2,1-2H3. The second kappa shape index (κ2) is 6.37. The fraction of sp³-hybridized carbons (Fsp3) is 0.250. The highest BCUT2D eigenvalue weighted by molar-refractivity contribution is 9.10. The van der Waals surface area contributed by atoms with Crippen LogP contribution in [0.15, 0.2) is 46.9 Å². The molecule has 0 amide bonds. The molecule has 2 rings (SSSR count). The Bertz CT molecular complexity index is 584. The van der Waals surface area contributed by atoms with Gasteiger partial charge in [-0.2, -0.15) is 0 Å². The first kappa shape index (κ1) is 15.0. The summed E-state index contributed by atoms with van der Waals surface area (Å²) in [5.41, 5.74) is 7.45. The molecule has 4 heteroatoms. The monoisotopic (exact) mass is 337 g/mol. The molecule has 0 heterocycles. The van der Waals surface area contributed by atoms with Gasteiger partial charge < -0.3 is 10.5 Å². The van der Waals surface area contributed by atoms with Crippen LogP contribution in [0.5, 0.6) is 5.75 Å². The Morgan fingerprint density at radius 3 is 2.30 bits per heavy atom. The van der Waals surface area contributed by atoms with Crippen LogP contribution in [0, 0.1) is 5.82 Å². The number of hydrogen-bond acceptors (Lipinski definition) is 2. The van der Waals surface area contributed by atoms with Gasteiger partial charge in [0, 0.05) is 10.0 Å². The van der Waals surface area contributed by atoms with Crippen LogP contribution in [-0.4, -0.2) is 6.10 Å². The zero-order valence-electron chi connectivity index (χ0n) is 11.4. The van der Waals surface area contributed by atoms with E-state index in [1.54, 1.807) is 12.1 Å². The average Bonchev–Trinajstić information content (AvgIpc) is 2.38. The Morgan fingerprint density at radius 2 is 1.75 bits per heavy atom. The van der Waals surface area contributed by atoms with Crippen LogP contribution >= 0.6 is 15.9 Å². The van der Waals surface area contributed by atoms with Crippen LogP contribution in [0.4, 0.5) is 4.39 Å². The predicted molar refractivity (Wildman–Crippen MR) is 82.3 cm³/mol. The highest BCUT2D eigenvalue weighted by atomic mass is 79.9. The van der Waals surface area contributed by atoms with Gasteiger partial charge in [0.25, 0.3) is 0 Å². The van der Waals surface area contributed by atoms with Crippen LogP contribution in [0.3, 0.4) is 0 Å². The SMILES string of the molecule is CC(C)Oc1ccc(C(N)c2ccc(Br)cc2F)cc1. The van der Waals surface area contributed by atoms with Gasteiger partial charge in [-0.3, -0.25) is 0 Å². The van der Waals surface area contributed by atoms with Crippen molar-refractivity contribution in [2.45, 2.75) is 26.0 Å². The first-order chi connectivity index (χ1) is 9.47. The van der Waals surface area contributed by atoms with E-state index in [-0.39, 0.29) is 11.9 Å². The minimum absolute atomic E-state index is 0.124. The quantitative estimate of drug-likeness (QED) is 0.895. The average molecular weight is 338 g/mol. The smallest absolute Gasteiger partial charge is 0.129 e. The fourth-order valence-electron chi connectivity index (χ4n) is 1.96. The van der Waals surface area contributed by atoms with E-state index < -0.39 is 6.04 Å². The highest BCUT2D eigenvalue weighted by Crippen LogP contribution is 2.26. The van der Waals surface area contributed by atoms with Crippen molar-refractivity contribution in [2.24, 2.45) is 5.73 Å². The van der Waals surface area contributed by atoms with Crippen molar-refractivity contribution < 1.29 is 9.13 Å². The molecule has 1 atom stereocenters. The van der Waals surface area contributed by atoms with Crippen LogP contribution in [0.25, 0.3) is 0 Å². The normalized spacial score (nSPS) is 12.5. The first-order valence-corrected chi connectivity index (χ1v) is 7.24. The summed E-state index contributed by atoms with van der Waals surface area (Å²) in [6, 6.07) is 11.9. The van der Waals surface area contributed by atoms with Crippen molar-refractivity contribution >= 4 is 15.9 Å². The minimum atomic E-state index is -0.490. The minimum Gasteiger partial charge on any atom is -0.491 e. The lowest BCUT2D eigenvalue weighted by Crippen LogP contribution is -2.13. The van der Waals surface area contributed by atoms with E-state index in [4.69, 9.17) is 10.5 Å². The number of hydrogen-bond donors (Lipinski definition) is 1. The van der Waals surface area contributed by atoms with E-state index in [1.165, 1.54) is 6.07 Å². The summed E-state index contributed by atoms with van der Waals surface area (Å²) in [6.45, 7) is 3.94. The second-order valence-corrected chi connectivity index (χ2v) is 5.79. The third-order valence-corrected chi connectivity index (χ3v) is 3.40. The number of benzene rings is 2. The summed E-state index contributed by atoms with van der Waals surface area (Å²) in [7, 11) is 0. The third-order valence-electron chi connectivity index (χ3n) is 2.91. The molecule has 0 fully saturated rings. The molecule has 106 valence electrons. The van der Waals surface area contributed by atoms with Crippen LogP contribution in [0.2, 0.25) is 0 Å². The first-order valence-electron chi connectivity index (χ1n) is 6.44. The molecule has 0 aliphatic carbocycles. The molecule has 1 unspecified atom stereocenters. The summed E-state index contributed by atoms with van der Waals surface area (Å²) in [5, 5.41) is 0. The largest absolute Gasteiger partial charge is 0.491 e. The number of halogens is 2. The predicted octanol–water partition coefficient (Wildman–Crippen LogP) is 4.42. The lowest BCUT2D eigenvalue weighted by molar-refractivity contribution is 0.242. The number of rotatable bonds is 4. The van der Waals surface area contributed by atoms with Crippen LogP contribution in [0.1, 0.15) is 31.0 Å². The molecule has 20 heavy (non-hydrogen) atoms. The molecular formula is C16H17BrFNO. The summed E-state index contributed by atoms with van der Waals surface area (Å²) < 4.78 is 20.2. The molecular weight excluding hydrogens is 321 g/mol. The lowest BCUT2D eigenvalue weighted by Gasteiger charge is -2.15. The van der Waals surface area contributed by atoms with Crippen molar-refractivity contribution in [3.8, 4) is 5.75 Å². The van der Waals surface area contributed by atoms with E-state index in [0.717, 1.165) is 11.3 Å². The molecule has 0 saturated heterocycles. The molecule has 0 saturated carbocycles. The van der Waals surface area contributed by atoms with E-state index in [1.807, 2.05) is 38.1 Å². The zero-order chi connectivity index (χ0) is 14.7. The second-order valence-electron chi connectivity index (χ2n) is 4.88. The fourth-order valence-corrected chi connectivity index (χ4v) is 2.29. The molecule has 2 aromatic rings. The Morgan fingerprint density at radius 1 is 1.10 bits per heavy atom. The van der Waals surface area contributed by atoms with Gasteiger partial charge in [0.2, 0.25) is 0 Å². The summed E-state index contributed by atoms with van der Waals surface area (Å²) in [5.74, 6) is 0.474. The summed E-state index contributed by atoms with van der Waals surface area (Å²) >= 11 is 3.24. The molecule has 0 aliphatic heterocycles. The van der Waals surface area contributed by atoms with Gasteiger partial charge >= 0.3 is 0 Å². The lowest BCUT2D eigenvalue weighted by atomic mass is 9.99. The van der Waals surface area contributed by atoms with Crippen molar-refractivity contribution in [1.82, 2.24) is 0 Å². The van der Waals surface area contributed by atoms with Gasteiger partial charge in [0.1, 0.15) is 11.6 Å². The topological polar surface area (TPSA) is 35.2 Å². The molecule has 0 spiro atoms. The van der Waals surface area contributed by atoms with Gasteiger partial charge in [0.05, 0.1) is 12.1 Å². The van der Waals surface area contributed by atoms with Gasteiger partial charge in [-0.15, -0.1) is 0 Å². The van der Waals surface area contributed by atoms with Gasteiger partial charge in [-0.25, -0.2) is 4.39 Å². The van der Waals surface area contributed by atoms with E-state index in [0.29, 0.717) is 10.0 Å². The van der Waals surface area contributed by atoms with Gasteiger partial charge in [0.15, 0.2) is 0 Å². The van der Waals surface area contributed by atoms with Crippen molar-refractivity contribution in [3.05, 3.63) is 63.9 Å². The summed E-state index contributed by atoms with van der Waals surface area (Å²) in [4.78, 5) is 0. The Balaban J connectivity index is 2.22. The number of ether oxygens (including phenoxy) is 1. The molecule has 2 aromatic carbocycles. The molecule has 0 aliphatic rings. The van der Waals surface area contributed by atoms with Gasteiger partial charge in [-0.05, 0) is 43.7 Å². The van der Waals surface area contributed by atoms with Gasteiger partial charge in [-0.1, -0.05) is 34.1 Å². The maximum absolute atomic E-state index is 13.9. The van der Waals surface area contributed by atoms with Crippen LogP contribution in [-0.2, 0) is 0 Å². The zero-order valence-corrected chi connectivity index (χ0v) is 13.0. The van der Waals surface area contributed by atoms with E-state index >= 15 is 0 Å². The molecule has 0 radical (unpaired) electrons. The molecule has 2 nitrogen and oxygen atoms in total. The van der Waals surface area contributed by atoms with Crippen LogP contribution < -0.4 is 10.5 Å². The van der Waals surface area contributed by atoms with Crippen molar-refractivity contribution in [1.29, 1.82) is 0 Å². The van der Waals surface area contributed by atoms with E-state index in [9.17, 15) is 4.39 Å². The maximum atomic E-state index is 13.9. The highest BCUT2D eigenvalue weighted by Gasteiger charge is 2.14. The number of nitrogens with two attached hydrogens (primary N) is 1. The molecule has 0 aromatic heterocycles. The third kappa shape index (κ3) is 3.58. The maximum Gasteiger partial charge on any atom is 0.129 e. The Kier molecular flexibility index (Phi) is 4.78. The Hall–Kier alpha value is -1.39. The van der Waals surface area contributed by atoms with E-state index in [2.05, 4.69) is 15.9 Å².